The lowest BCUT2D eigenvalue weighted by molar-refractivity contribution is 0.490. The van der Waals surface area contributed by atoms with Crippen molar-refractivity contribution in [1.82, 2.24) is 9.97 Å². The Hall–Kier alpha value is -2.04. The monoisotopic (exact) mass is 258 g/mol. The van der Waals surface area contributed by atoms with Gasteiger partial charge >= 0.3 is 0 Å². The second-order valence-electron chi connectivity index (χ2n) is 5.10. The molecule has 1 aliphatic carbocycles. The van der Waals surface area contributed by atoms with Crippen LogP contribution in [0.15, 0.2) is 22.8 Å². The maximum absolute atomic E-state index is 5.97. The van der Waals surface area contributed by atoms with E-state index >= 15 is 0 Å². The molecule has 19 heavy (non-hydrogen) atoms. The van der Waals surface area contributed by atoms with Crippen molar-refractivity contribution in [2.75, 3.05) is 11.1 Å². The van der Waals surface area contributed by atoms with E-state index in [0.717, 1.165) is 35.8 Å². The molecule has 1 fully saturated rings. The summed E-state index contributed by atoms with van der Waals surface area (Å²) in [6.45, 7) is 3.97. The molecule has 1 aliphatic rings. The number of hydrogen-bond acceptors (Lipinski definition) is 5. The average molecular weight is 258 g/mol. The number of rotatable bonds is 4. The lowest BCUT2D eigenvalue weighted by Crippen LogP contribution is -2.12. The van der Waals surface area contributed by atoms with Gasteiger partial charge in [-0.3, -0.25) is 0 Å². The Balaban J connectivity index is 1.87. The summed E-state index contributed by atoms with van der Waals surface area (Å²) in [6.07, 6.45) is 4.00. The van der Waals surface area contributed by atoms with Gasteiger partial charge < -0.3 is 15.5 Å². The Morgan fingerprint density at radius 2 is 2.21 bits per heavy atom. The first-order valence-electron chi connectivity index (χ1n) is 6.59. The molecule has 2 heterocycles. The molecular weight excluding hydrogens is 240 g/mol. The van der Waals surface area contributed by atoms with Gasteiger partial charge in [-0.1, -0.05) is 0 Å². The Morgan fingerprint density at radius 1 is 1.42 bits per heavy atom. The van der Waals surface area contributed by atoms with Crippen molar-refractivity contribution < 1.29 is 4.42 Å². The SMILES string of the molecule is Cc1c(N)nc(C2CC2)nc1NC(C)c1ccco1. The number of anilines is 2. The van der Waals surface area contributed by atoms with Gasteiger partial charge in [0.2, 0.25) is 0 Å². The maximum atomic E-state index is 5.97. The fourth-order valence-corrected chi connectivity index (χ4v) is 2.03. The molecule has 0 aliphatic heterocycles. The van der Waals surface area contributed by atoms with E-state index in [1.165, 1.54) is 0 Å². The lowest BCUT2D eigenvalue weighted by atomic mass is 10.2. The number of hydrogen-bond donors (Lipinski definition) is 2. The second-order valence-corrected chi connectivity index (χ2v) is 5.10. The zero-order valence-corrected chi connectivity index (χ0v) is 11.2. The molecule has 1 atom stereocenters. The van der Waals surface area contributed by atoms with E-state index in [1.807, 2.05) is 26.0 Å². The van der Waals surface area contributed by atoms with Crippen LogP contribution in [0.4, 0.5) is 11.6 Å². The molecule has 2 aromatic heterocycles. The number of nitrogens with two attached hydrogens (primary N) is 1. The van der Waals surface area contributed by atoms with Gasteiger partial charge in [-0.05, 0) is 38.8 Å². The third kappa shape index (κ3) is 2.41. The third-order valence-corrected chi connectivity index (χ3v) is 3.47. The number of nitrogens with zero attached hydrogens (tertiary/aromatic N) is 2. The highest BCUT2D eigenvalue weighted by molar-refractivity contribution is 5.55. The van der Waals surface area contributed by atoms with E-state index < -0.39 is 0 Å². The van der Waals surface area contributed by atoms with Crippen LogP contribution in [0.1, 0.15) is 48.9 Å². The minimum atomic E-state index is 0.0510. The van der Waals surface area contributed by atoms with E-state index in [1.54, 1.807) is 6.26 Å². The normalized spacial score (nSPS) is 16.3. The minimum Gasteiger partial charge on any atom is -0.467 e. The highest BCUT2D eigenvalue weighted by atomic mass is 16.3. The maximum Gasteiger partial charge on any atom is 0.136 e. The summed E-state index contributed by atoms with van der Waals surface area (Å²) in [5.74, 6) is 3.59. The Labute approximate surface area is 112 Å². The second kappa shape index (κ2) is 4.57. The number of aromatic nitrogens is 2. The van der Waals surface area contributed by atoms with Crippen LogP contribution in [-0.2, 0) is 0 Å². The average Bonchev–Trinajstić information content (AvgIpc) is 3.09. The van der Waals surface area contributed by atoms with Crippen LogP contribution >= 0.6 is 0 Å². The molecule has 0 saturated heterocycles. The third-order valence-electron chi connectivity index (χ3n) is 3.47. The Morgan fingerprint density at radius 3 is 2.84 bits per heavy atom. The van der Waals surface area contributed by atoms with Crippen LogP contribution in [0.5, 0.6) is 0 Å². The van der Waals surface area contributed by atoms with Crippen molar-refractivity contribution >= 4 is 11.6 Å². The molecular formula is C14H18N4O. The van der Waals surface area contributed by atoms with E-state index in [0.29, 0.717) is 11.7 Å². The highest BCUT2D eigenvalue weighted by Crippen LogP contribution is 2.39. The first kappa shape index (κ1) is 12.0. The molecule has 3 N–H and O–H groups in total. The number of nitrogen functional groups attached to an aromatic ring is 1. The summed E-state index contributed by atoms with van der Waals surface area (Å²) in [5, 5.41) is 3.35. The van der Waals surface area contributed by atoms with Crippen LogP contribution in [0.2, 0.25) is 0 Å². The summed E-state index contributed by atoms with van der Waals surface area (Å²) < 4.78 is 5.39. The van der Waals surface area contributed by atoms with Crippen LogP contribution in [-0.4, -0.2) is 9.97 Å². The first-order chi connectivity index (χ1) is 9.15. The van der Waals surface area contributed by atoms with Crippen molar-refractivity contribution in [2.45, 2.75) is 38.6 Å². The molecule has 0 radical (unpaired) electrons. The predicted octanol–water partition coefficient (Wildman–Crippen LogP) is 3.01. The lowest BCUT2D eigenvalue weighted by Gasteiger charge is -2.16. The van der Waals surface area contributed by atoms with Crippen LogP contribution in [0.3, 0.4) is 0 Å². The van der Waals surface area contributed by atoms with Gasteiger partial charge in [0, 0.05) is 11.5 Å². The van der Waals surface area contributed by atoms with Crippen molar-refractivity contribution in [3.63, 3.8) is 0 Å². The van der Waals surface area contributed by atoms with E-state index in [9.17, 15) is 0 Å². The molecule has 1 saturated carbocycles. The van der Waals surface area contributed by atoms with Crippen molar-refractivity contribution in [3.05, 3.63) is 35.5 Å². The largest absolute Gasteiger partial charge is 0.467 e. The predicted molar refractivity (Wildman–Crippen MR) is 73.9 cm³/mol. The summed E-state index contributed by atoms with van der Waals surface area (Å²) in [5.41, 5.74) is 6.86. The topological polar surface area (TPSA) is 77.0 Å². The standard InChI is InChI=1S/C14H18N4O/c1-8-12(15)17-14(10-5-6-10)18-13(8)16-9(2)11-4-3-7-19-11/h3-4,7,9-10H,5-6H2,1-2H3,(H3,15,16,17,18). The summed E-state index contributed by atoms with van der Waals surface area (Å²) in [6, 6.07) is 3.87. The molecule has 5 nitrogen and oxygen atoms in total. The van der Waals surface area contributed by atoms with Crippen molar-refractivity contribution in [3.8, 4) is 0 Å². The van der Waals surface area contributed by atoms with Crippen LogP contribution in [0, 0.1) is 6.92 Å². The van der Waals surface area contributed by atoms with Crippen LogP contribution < -0.4 is 11.1 Å². The first-order valence-corrected chi connectivity index (χ1v) is 6.59. The molecule has 3 rings (SSSR count). The van der Waals surface area contributed by atoms with Gasteiger partial charge in [0.1, 0.15) is 23.2 Å². The fourth-order valence-electron chi connectivity index (χ4n) is 2.03. The quantitative estimate of drug-likeness (QED) is 0.881. The summed E-state index contributed by atoms with van der Waals surface area (Å²) in [7, 11) is 0. The molecule has 2 aromatic rings. The zero-order chi connectivity index (χ0) is 13.4. The van der Waals surface area contributed by atoms with Crippen molar-refractivity contribution in [1.29, 1.82) is 0 Å². The van der Waals surface area contributed by atoms with Gasteiger partial charge in [0.05, 0.1) is 12.3 Å². The Kier molecular flexibility index (Phi) is 2.89. The molecule has 0 bridgehead atoms. The van der Waals surface area contributed by atoms with Gasteiger partial charge in [0.15, 0.2) is 0 Å². The molecule has 0 spiro atoms. The van der Waals surface area contributed by atoms with E-state index in [-0.39, 0.29) is 6.04 Å². The molecule has 5 heteroatoms. The van der Waals surface area contributed by atoms with E-state index in [2.05, 4.69) is 15.3 Å². The van der Waals surface area contributed by atoms with Crippen molar-refractivity contribution in [2.24, 2.45) is 0 Å². The fraction of sp³-hybridized carbons (Fsp3) is 0.429. The van der Waals surface area contributed by atoms with Gasteiger partial charge in [0.25, 0.3) is 0 Å². The number of furan rings is 1. The minimum absolute atomic E-state index is 0.0510. The van der Waals surface area contributed by atoms with Gasteiger partial charge in [-0.15, -0.1) is 0 Å². The summed E-state index contributed by atoms with van der Waals surface area (Å²) >= 11 is 0. The molecule has 100 valence electrons. The molecule has 0 aromatic carbocycles. The summed E-state index contributed by atoms with van der Waals surface area (Å²) in [4.78, 5) is 8.97. The van der Waals surface area contributed by atoms with E-state index in [4.69, 9.17) is 10.2 Å². The smallest absolute Gasteiger partial charge is 0.136 e. The number of nitrogens with one attached hydrogen (secondary N) is 1. The van der Waals surface area contributed by atoms with Gasteiger partial charge in [-0.2, -0.15) is 0 Å². The van der Waals surface area contributed by atoms with Gasteiger partial charge in [-0.25, -0.2) is 9.97 Å². The van der Waals surface area contributed by atoms with Crippen LogP contribution in [0.25, 0.3) is 0 Å². The molecule has 0 amide bonds. The Bertz CT molecular complexity index is 575. The molecule has 1 unspecified atom stereocenters. The zero-order valence-electron chi connectivity index (χ0n) is 11.2. The highest BCUT2D eigenvalue weighted by Gasteiger charge is 2.28.